The topological polar surface area (TPSA) is 42.0 Å². The molecule has 1 N–H and O–H groups in total. The molecule has 1 aliphatic rings. The second-order valence-electron chi connectivity index (χ2n) is 6.94. The lowest BCUT2D eigenvalue weighted by atomic mass is 9.91. The highest BCUT2D eigenvalue weighted by atomic mass is 16.1. The Morgan fingerprint density at radius 1 is 1.09 bits per heavy atom. The summed E-state index contributed by atoms with van der Waals surface area (Å²) in [6.07, 6.45) is 1.51. The first-order chi connectivity index (χ1) is 10.4. The number of nitrogens with zero attached hydrogens (tertiary/aromatic N) is 1. The Bertz CT molecular complexity index is 683. The van der Waals surface area contributed by atoms with E-state index in [-0.39, 0.29) is 17.4 Å². The molecule has 2 heterocycles. The number of hydrogen-bond donors (Lipinski definition) is 1. The third kappa shape index (κ3) is 3.03. The fourth-order valence-corrected chi connectivity index (χ4v) is 2.76. The molecule has 1 aromatic heterocycles. The molecule has 1 unspecified atom stereocenters. The Morgan fingerprint density at radius 3 is 2.41 bits per heavy atom. The lowest BCUT2D eigenvalue weighted by Crippen LogP contribution is -2.18. The summed E-state index contributed by atoms with van der Waals surface area (Å²) in [5.74, 6) is 0.147. The van der Waals surface area contributed by atoms with Crippen LogP contribution in [0.25, 0.3) is 11.3 Å². The minimum absolute atomic E-state index is 0.0457. The third-order valence-corrected chi connectivity index (χ3v) is 4.12. The molecule has 1 atom stereocenters. The number of nitrogens with one attached hydrogen (secondary N) is 1. The molecular formula is C19H22N2O. The van der Waals surface area contributed by atoms with Crippen LogP contribution in [0.2, 0.25) is 0 Å². The van der Waals surface area contributed by atoms with Gasteiger partial charge in [0.05, 0.1) is 11.7 Å². The maximum Gasteiger partial charge on any atom is 0.220 e. The Labute approximate surface area is 131 Å². The van der Waals surface area contributed by atoms with E-state index in [0.29, 0.717) is 6.42 Å². The van der Waals surface area contributed by atoms with Crippen molar-refractivity contribution in [2.45, 2.75) is 45.1 Å². The standard InChI is InChI=1S/C19H22N2O/c1-19(2,3)17-6-4-5-15(20-17)13-7-9-14(10-8-13)16-11-12-18(22)21-16/h4-10,16H,11-12H2,1-3H3,(H,21,22). The van der Waals surface area contributed by atoms with Gasteiger partial charge in [0.25, 0.3) is 0 Å². The Hall–Kier alpha value is -2.16. The van der Waals surface area contributed by atoms with Crippen molar-refractivity contribution in [2.24, 2.45) is 0 Å². The number of amides is 1. The fraction of sp³-hybridized carbons (Fsp3) is 0.368. The molecule has 0 radical (unpaired) electrons. The van der Waals surface area contributed by atoms with Crippen LogP contribution in [0.15, 0.2) is 42.5 Å². The van der Waals surface area contributed by atoms with E-state index in [0.717, 1.165) is 23.4 Å². The predicted octanol–water partition coefficient (Wildman–Crippen LogP) is 4.00. The molecule has 0 saturated carbocycles. The fourth-order valence-electron chi connectivity index (χ4n) is 2.76. The molecule has 0 spiro atoms. The van der Waals surface area contributed by atoms with Gasteiger partial charge in [0.15, 0.2) is 0 Å². The molecule has 2 aromatic rings. The summed E-state index contributed by atoms with van der Waals surface area (Å²) in [5, 5.41) is 3.00. The highest BCUT2D eigenvalue weighted by molar-refractivity contribution is 5.78. The molecule has 1 aliphatic heterocycles. The highest BCUT2D eigenvalue weighted by Gasteiger charge is 2.22. The number of benzene rings is 1. The van der Waals surface area contributed by atoms with Crippen LogP contribution < -0.4 is 5.32 Å². The maximum atomic E-state index is 11.3. The molecule has 1 fully saturated rings. The zero-order valence-electron chi connectivity index (χ0n) is 13.4. The molecule has 1 amide bonds. The zero-order chi connectivity index (χ0) is 15.7. The summed E-state index contributed by atoms with van der Waals surface area (Å²) < 4.78 is 0. The van der Waals surface area contributed by atoms with Crippen LogP contribution in [0.3, 0.4) is 0 Å². The Kier molecular flexibility index (Phi) is 3.73. The maximum absolute atomic E-state index is 11.3. The molecule has 3 heteroatoms. The summed E-state index contributed by atoms with van der Waals surface area (Å²) in [6, 6.07) is 14.7. The minimum Gasteiger partial charge on any atom is -0.349 e. The first-order valence-electron chi connectivity index (χ1n) is 7.81. The van der Waals surface area contributed by atoms with Gasteiger partial charge in [0.1, 0.15) is 0 Å². The van der Waals surface area contributed by atoms with Gasteiger partial charge in [0, 0.05) is 23.1 Å². The van der Waals surface area contributed by atoms with Crippen molar-refractivity contribution in [1.29, 1.82) is 0 Å². The normalized spacial score (nSPS) is 18.3. The van der Waals surface area contributed by atoms with Gasteiger partial charge in [-0.1, -0.05) is 51.1 Å². The molecule has 1 aromatic carbocycles. The smallest absolute Gasteiger partial charge is 0.220 e. The van der Waals surface area contributed by atoms with Crippen LogP contribution in [0, 0.1) is 0 Å². The van der Waals surface area contributed by atoms with E-state index in [4.69, 9.17) is 4.98 Å². The minimum atomic E-state index is 0.0457. The monoisotopic (exact) mass is 294 g/mol. The molecule has 1 saturated heterocycles. The Balaban J connectivity index is 1.85. The van der Waals surface area contributed by atoms with E-state index in [9.17, 15) is 4.79 Å². The number of aromatic nitrogens is 1. The first kappa shape index (κ1) is 14.8. The quantitative estimate of drug-likeness (QED) is 0.909. The third-order valence-electron chi connectivity index (χ3n) is 4.12. The van der Waals surface area contributed by atoms with Gasteiger partial charge in [-0.3, -0.25) is 9.78 Å². The van der Waals surface area contributed by atoms with Crippen LogP contribution >= 0.6 is 0 Å². The predicted molar refractivity (Wildman–Crippen MR) is 88.5 cm³/mol. The Morgan fingerprint density at radius 2 is 1.82 bits per heavy atom. The molecule has 0 aliphatic carbocycles. The van der Waals surface area contributed by atoms with Crippen molar-refractivity contribution in [3.8, 4) is 11.3 Å². The second-order valence-corrected chi connectivity index (χ2v) is 6.94. The van der Waals surface area contributed by atoms with Gasteiger partial charge in [0.2, 0.25) is 5.91 Å². The summed E-state index contributed by atoms with van der Waals surface area (Å²) in [4.78, 5) is 16.1. The number of pyridine rings is 1. The molecule has 0 bridgehead atoms. The van der Waals surface area contributed by atoms with Crippen LogP contribution in [-0.4, -0.2) is 10.9 Å². The van der Waals surface area contributed by atoms with E-state index < -0.39 is 0 Å². The summed E-state index contributed by atoms with van der Waals surface area (Å²) >= 11 is 0. The van der Waals surface area contributed by atoms with E-state index >= 15 is 0 Å². The zero-order valence-corrected chi connectivity index (χ0v) is 13.4. The molecule has 22 heavy (non-hydrogen) atoms. The van der Waals surface area contributed by atoms with Crippen molar-refractivity contribution in [3.05, 3.63) is 53.7 Å². The van der Waals surface area contributed by atoms with Gasteiger partial charge in [-0.25, -0.2) is 0 Å². The molecule has 3 rings (SSSR count). The first-order valence-corrected chi connectivity index (χ1v) is 7.81. The van der Waals surface area contributed by atoms with Crippen LogP contribution in [0.4, 0.5) is 0 Å². The molecular weight excluding hydrogens is 272 g/mol. The lowest BCUT2D eigenvalue weighted by molar-refractivity contribution is -0.119. The summed E-state index contributed by atoms with van der Waals surface area (Å²) in [7, 11) is 0. The second kappa shape index (κ2) is 5.56. The summed E-state index contributed by atoms with van der Waals surface area (Å²) in [6.45, 7) is 6.51. The van der Waals surface area contributed by atoms with Crippen molar-refractivity contribution in [2.75, 3.05) is 0 Å². The van der Waals surface area contributed by atoms with E-state index in [1.165, 1.54) is 5.56 Å². The number of carbonyl (C=O) groups excluding carboxylic acids is 1. The van der Waals surface area contributed by atoms with Crippen molar-refractivity contribution in [3.63, 3.8) is 0 Å². The average Bonchev–Trinajstić information content (AvgIpc) is 2.93. The van der Waals surface area contributed by atoms with Crippen LogP contribution in [0.5, 0.6) is 0 Å². The van der Waals surface area contributed by atoms with Gasteiger partial charge >= 0.3 is 0 Å². The molecule has 3 nitrogen and oxygen atoms in total. The lowest BCUT2D eigenvalue weighted by Gasteiger charge is -2.18. The highest BCUT2D eigenvalue weighted by Crippen LogP contribution is 2.27. The van der Waals surface area contributed by atoms with Gasteiger partial charge < -0.3 is 5.32 Å². The van der Waals surface area contributed by atoms with Crippen LogP contribution in [0.1, 0.15) is 50.9 Å². The molecule has 114 valence electrons. The van der Waals surface area contributed by atoms with E-state index in [1.807, 2.05) is 6.07 Å². The largest absolute Gasteiger partial charge is 0.349 e. The van der Waals surface area contributed by atoms with Crippen molar-refractivity contribution in [1.82, 2.24) is 10.3 Å². The van der Waals surface area contributed by atoms with Crippen molar-refractivity contribution < 1.29 is 4.79 Å². The van der Waals surface area contributed by atoms with Gasteiger partial charge in [-0.2, -0.15) is 0 Å². The summed E-state index contributed by atoms with van der Waals surface area (Å²) in [5.41, 5.74) is 4.41. The van der Waals surface area contributed by atoms with E-state index in [1.54, 1.807) is 0 Å². The number of carbonyl (C=O) groups is 1. The van der Waals surface area contributed by atoms with Gasteiger partial charge in [-0.15, -0.1) is 0 Å². The van der Waals surface area contributed by atoms with Crippen molar-refractivity contribution >= 4 is 5.91 Å². The van der Waals surface area contributed by atoms with Gasteiger partial charge in [-0.05, 0) is 24.1 Å². The average molecular weight is 294 g/mol. The SMILES string of the molecule is CC(C)(C)c1cccc(-c2ccc(C3CCC(=O)N3)cc2)n1. The number of rotatable bonds is 2. The van der Waals surface area contributed by atoms with E-state index in [2.05, 4.69) is 62.5 Å². The van der Waals surface area contributed by atoms with Crippen LogP contribution in [-0.2, 0) is 10.2 Å². The number of hydrogen-bond acceptors (Lipinski definition) is 2.